The van der Waals surface area contributed by atoms with Crippen LogP contribution in [0.4, 0.5) is 5.69 Å². The van der Waals surface area contributed by atoms with Crippen LogP contribution in [0.2, 0.25) is 0 Å². The van der Waals surface area contributed by atoms with E-state index in [1.54, 1.807) is 0 Å². The van der Waals surface area contributed by atoms with Crippen molar-refractivity contribution in [2.24, 2.45) is 11.7 Å². The van der Waals surface area contributed by atoms with E-state index in [4.69, 9.17) is 10.5 Å². The van der Waals surface area contributed by atoms with Crippen molar-refractivity contribution < 1.29 is 9.53 Å². The van der Waals surface area contributed by atoms with E-state index < -0.39 is 0 Å². The Morgan fingerprint density at radius 1 is 1.17 bits per heavy atom. The predicted molar refractivity (Wildman–Crippen MR) is 101 cm³/mol. The quantitative estimate of drug-likeness (QED) is 0.847. The van der Waals surface area contributed by atoms with E-state index in [2.05, 4.69) is 22.3 Å². The summed E-state index contributed by atoms with van der Waals surface area (Å²) in [4.78, 5) is 14.6. The van der Waals surface area contributed by atoms with Gasteiger partial charge in [0.05, 0.1) is 19.1 Å². The molecule has 0 aromatic heterocycles. The second-order valence-corrected chi connectivity index (χ2v) is 6.28. The smallest absolute Gasteiger partial charge is 0.229 e. The number of nitrogens with zero attached hydrogens (tertiary/aromatic N) is 1. The molecule has 7 heteroatoms. The Bertz CT molecular complexity index is 507. The maximum Gasteiger partial charge on any atom is 0.229 e. The number of nitrogens with one attached hydrogen (secondary N) is 1. The molecule has 136 valence electrons. The number of hydrogen-bond acceptors (Lipinski definition) is 4. The van der Waals surface area contributed by atoms with Gasteiger partial charge < -0.3 is 15.8 Å². The second-order valence-electron chi connectivity index (χ2n) is 6.28. The summed E-state index contributed by atoms with van der Waals surface area (Å²) in [6, 6.07) is 8.14. The SMILES string of the molecule is Cl.Cl.NC1CCCC1C(=O)Nc1ccc(CN2CCOCC2)cc1. The van der Waals surface area contributed by atoms with Gasteiger partial charge in [0.15, 0.2) is 0 Å². The first-order valence-electron chi connectivity index (χ1n) is 8.18. The predicted octanol–water partition coefficient (Wildman–Crippen LogP) is 2.43. The third-order valence-corrected chi connectivity index (χ3v) is 4.64. The number of rotatable bonds is 4. The lowest BCUT2D eigenvalue weighted by molar-refractivity contribution is -0.120. The van der Waals surface area contributed by atoms with Crippen molar-refractivity contribution >= 4 is 36.4 Å². The maximum atomic E-state index is 12.2. The Labute approximate surface area is 156 Å². The number of nitrogens with two attached hydrogens (primary N) is 1. The van der Waals surface area contributed by atoms with Crippen LogP contribution in [0, 0.1) is 5.92 Å². The summed E-state index contributed by atoms with van der Waals surface area (Å²) in [6.07, 6.45) is 2.91. The highest BCUT2D eigenvalue weighted by Crippen LogP contribution is 2.25. The molecule has 2 aliphatic rings. The maximum absolute atomic E-state index is 12.2. The van der Waals surface area contributed by atoms with E-state index >= 15 is 0 Å². The van der Waals surface area contributed by atoms with Crippen LogP contribution < -0.4 is 11.1 Å². The van der Waals surface area contributed by atoms with Gasteiger partial charge in [0, 0.05) is 31.4 Å². The average molecular weight is 376 g/mol. The van der Waals surface area contributed by atoms with Crippen LogP contribution in [0.5, 0.6) is 0 Å². The van der Waals surface area contributed by atoms with Gasteiger partial charge in [0.1, 0.15) is 0 Å². The molecule has 1 aliphatic heterocycles. The number of morpholine rings is 1. The summed E-state index contributed by atoms with van der Waals surface area (Å²) >= 11 is 0. The Kier molecular flexibility index (Phi) is 9.02. The second kappa shape index (κ2) is 10.2. The molecule has 24 heavy (non-hydrogen) atoms. The van der Waals surface area contributed by atoms with Crippen LogP contribution in [0.1, 0.15) is 24.8 Å². The highest BCUT2D eigenvalue weighted by Gasteiger charge is 2.30. The number of amides is 1. The van der Waals surface area contributed by atoms with Crippen molar-refractivity contribution in [2.75, 3.05) is 31.6 Å². The molecule has 0 radical (unpaired) electrons. The first kappa shape index (κ1) is 21.2. The summed E-state index contributed by atoms with van der Waals surface area (Å²) in [5.74, 6) is 0.0268. The van der Waals surface area contributed by atoms with Crippen molar-refractivity contribution in [1.82, 2.24) is 4.90 Å². The monoisotopic (exact) mass is 375 g/mol. The van der Waals surface area contributed by atoms with E-state index in [0.717, 1.165) is 57.8 Å². The van der Waals surface area contributed by atoms with Crippen LogP contribution in [0.25, 0.3) is 0 Å². The zero-order valence-electron chi connectivity index (χ0n) is 13.8. The molecule has 3 N–H and O–H groups in total. The van der Waals surface area contributed by atoms with Gasteiger partial charge in [-0.1, -0.05) is 18.6 Å². The molecule has 1 amide bonds. The van der Waals surface area contributed by atoms with E-state index in [0.29, 0.717) is 0 Å². The molecule has 3 rings (SSSR count). The van der Waals surface area contributed by atoms with Crippen LogP contribution in [-0.2, 0) is 16.1 Å². The standard InChI is InChI=1S/C17H25N3O2.2ClH/c18-16-3-1-2-15(16)17(21)19-14-6-4-13(5-7-14)12-20-8-10-22-11-9-20;;/h4-7,15-16H,1-3,8-12,18H2,(H,19,21);2*1H. The molecule has 1 heterocycles. The number of halogens is 2. The number of carbonyl (C=O) groups is 1. The molecule has 2 fully saturated rings. The Hall–Kier alpha value is -0.850. The van der Waals surface area contributed by atoms with Gasteiger partial charge in [0.25, 0.3) is 0 Å². The molecule has 2 atom stereocenters. The van der Waals surface area contributed by atoms with Gasteiger partial charge >= 0.3 is 0 Å². The molecule has 1 aromatic carbocycles. The summed E-state index contributed by atoms with van der Waals surface area (Å²) in [7, 11) is 0. The zero-order valence-corrected chi connectivity index (χ0v) is 15.4. The van der Waals surface area contributed by atoms with Crippen molar-refractivity contribution in [3.05, 3.63) is 29.8 Å². The fourth-order valence-corrected chi connectivity index (χ4v) is 3.26. The normalized spacial score (nSPS) is 23.9. The molecular weight excluding hydrogens is 349 g/mol. The van der Waals surface area contributed by atoms with Crippen LogP contribution in [0.3, 0.4) is 0 Å². The lowest BCUT2D eigenvalue weighted by atomic mass is 10.0. The number of carbonyl (C=O) groups excluding carboxylic acids is 1. The van der Waals surface area contributed by atoms with Crippen molar-refractivity contribution in [1.29, 1.82) is 0 Å². The number of anilines is 1. The van der Waals surface area contributed by atoms with Gasteiger partial charge in [-0.2, -0.15) is 0 Å². The van der Waals surface area contributed by atoms with Crippen LogP contribution in [0.15, 0.2) is 24.3 Å². The third kappa shape index (κ3) is 5.60. The van der Waals surface area contributed by atoms with Gasteiger partial charge in [-0.25, -0.2) is 0 Å². The zero-order chi connectivity index (χ0) is 15.4. The van der Waals surface area contributed by atoms with Crippen molar-refractivity contribution in [3.8, 4) is 0 Å². The molecule has 1 saturated heterocycles. The minimum Gasteiger partial charge on any atom is -0.379 e. The van der Waals surface area contributed by atoms with E-state index in [9.17, 15) is 4.79 Å². The minimum absolute atomic E-state index is 0. The summed E-state index contributed by atoms with van der Waals surface area (Å²) in [6.45, 7) is 4.53. The van der Waals surface area contributed by atoms with Crippen molar-refractivity contribution in [3.63, 3.8) is 0 Å². The van der Waals surface area contributed by atoms with Gasteiger partial charge in [0.2, 0.25) is 5.91 Å². The van der Waals surface area contributed by atoms with Crippen LogP contribution in [-0.4, -0.2) is 43.2 Å². The summed E-state index contributed by atoms with van der Waals surface area (Å²) < 4.78 is 5.36. The molecule has 0 bridgehead atoms. The van der Waals surface area contributed by atoms with E-state index in [1.807, 2.05) is 12.1 Å². The first-order chi connectivity index (χ1) is 10.7. The van der Waals surface area contributed by atoms with Crippen LogP contribution >= 0.6 is 24.8 Å². The Morgan fingerprint density at radius 3 is 2.42 bits per heavy atom. The van der Waals surface area contributed by atoms with Gasteiger partial charge in [-0.3, -0.25) is 9.69 Å². The number of hydrogen-bond donors (Lipinski definition) is 2. The molecular formula is C17H27Cl2N3O2. The number of ether oxygens (including phenoxy) is 1. The minimum atomic E-state index is -0.0342. The van der Waals surface area contributed by atoms with E-state index in [-0.39, 0.29) is 42.7 Å². The van der Waals surface area contributed by atoms with Crippen molar-refractivity contribution in [2.45, 2.75) is 31.8 Å². The highest BCUT2D eigenvalue weighted by molar-refractivity contribution is 5.93. The first-order valence-corrected chi connectivity index (χ1v) is 8.18. The van der Waals surface area contributed by atoms with E-state index in [1.165, 1.54) is 5.56 Å². The topological polar surface area (TPSA) is 67.6 Å². The highest BCUT2D eigenvalue weighted by atomic mass is 35.5. The Morgan fingerprint density at radius 2 is 1.83 bits per heavy atom. The fourth-order valence-electron chi connectivity index (χ4n) is 3.26. The Balaban J connectivity index is 0.00000144. The molecule has 1 saturated carbocycles. The fraction of sp³-hybridized carbons (Fsp3) is 0.588. The van der Waals surface area contributed by atoms with Gasteiger partial charge in [-0.05, 0) is 30.5 Å². The lowest BCUT2D eigenvalue weighted by Crippen LogP contribution is -2.35. The largest absolute Gasteiger partial charge is 0.379 e. The molecule has 1 aliphatic carbocycles. The summed E-state index contributed by atoms with van der Waals surface area (Å²) in [5.41, 5.74) is 8.10. The lowest BCUT2D eigenvalue weighted by Gasteiger charge is -2.26. The third-order valence-electron chi connectivity index (χ3n) is 4.64. The molecule has 0 spiro atoms. The molecule has 2 unspecified atom stereocenters. The summed E-state index contributed by atoms with van der Waals surface area (Å²) in [5, 5.41) is 2.99. The molecule has 5 nitrogen and oxygen atoms in total. The number of benzene rings is 1. The molecule has 1 aromatic rings. The van der Waals surface area contributed by atoms with Gasteiger partial charge in [-0.15, -0.1) is 24.8 Å². The average Bonchev–Trinajstić information content (AvgIpc) is 2.96.